The molecule has 0 N–H and O–H groups in total. The summed E-state index contributed by atoms with van der Waals surface area (Å²) in [6, 6.07) is 25.7. The van der Waals surface area contributed by atoms with Crippen molar-refractivity contribution in [1.29, 1.82) is 0 Å². The average molecular weight is 338 g/mol. The van der Waals surface area contributed by atoms with Gasteiger partial charge < -0.3 is 4.74 Å². The Morgan fingerprint density at radius 1 is 0.846 bits per heavy atom. The molecule has 0 atom stereocenters. The molecule has 0 fully saturated rings. The first kappa shape index (κ1) is 16.4. The number of fused-ring (bicyclic) bond motifs is 2. The van der Waals surface area contributed by atoms with E-state index in [1.165, 1.54) is 27.1 Å². The minimum atomic E-state index is 0.695. The van der Waals surface area contributed by atoms with Crippen LogP contribution < -0.4 is 4.74 Å². The van der Waals surface area contributed by atoms with Gasteiger partial charge in [-0.1, -0.05) is 86.3 Å². The summed E-state index contributed by atoms with van der Waals surface area (Å²) in [7, 11) is 0. The molecular formula is C25H22O. The third-order valence-corrected chi connectivity index (χ3v) is 4.76. The third kappa shape index (κ3) is 2.76. The highest BCUT2D eigenvalue weighted by molar-refractivity contribution is 6.13. The Morgan fingerprint density at radius 2 is 1.50 bits per heavy atom. The van der Waals surface area contributed by atoms with Crippen molar-refractivity contribution in [1.82, 2.24) is 0 Å². The van der Waals surface area contributed by atoms with Crippen molar-refractivity contribution in [2.24, 2.45) is 0 Å². The van der Waals surface area contributed by atoms with E-state index >= 15 is 0 Å². The molecule has 0 bridgehead atoms. The molecule has 128 valence electrons. The van der Waals surface area contributed by atoms with Crippen molar-refractivity contribution in [2.45, 2.75) is 13.3 Å². The fourth-order valence-corrected chi connectivity index (χ4v) is 3.58. The van der Waals surface area contributed by atoms with Crippen molar-refractivity contribution >= 4 is 27.6 Å². The van der Waals surface area contributed by atoms with E-state index in [0.717, 1.165) is 23.3 Å². The van der Waals surface area contributed by atoms with Crippen molar-refractivity contribution in [2.75, 3.05) is 6.61 Å². The molecule has 4 rings (SSSR count). The molecule has 1 heteroatoms. The van der Waals surface area contributed by atoms with Crippen LogP contribution in [0.1, 0.15) is 18.9 Å². The van der Waals surface area contributed by atoms with Crippen LogP contribution >= 0.6 is 0 Å². The molecule has 0 amide bonds. The van der Waals surface area contributed by atoms with Crippen LogP contribution in [-0.4, -0.2) is 6.61 Å². The number of benzene rings is 4. The minimum Gasteiger partial charge on any atom is -0.492 e. The molecular weight excluding hydrogens is 316 g/mol. The lowest BCUT2D eigenvalue weighted by Crippen LogP contribution is -1.99. The lowest BCUT2D eigenvalue weighted by atomic mass is 9.90. The summed E-state index contributed by atoms with van der Waals surface area (Å²) in [4.78, 5) is 0. The molecule has 0 aromatic heterocycles. The van der Waals surface area contributed by atoms with Crippen molar-refractivity contribution in [3.8, 4) is 16.9 Å². The summed E-state index contributed by atoms with van der Waals surface area (Å²) < 4.78 is 6.19. The van der Waals surface area contributed by atoms with Crippen LogP contribution in [0.15, 0.2) is 79.4 Å². The number of para-hydroxylation sites is 1. The van der Waals surface area contributed by atoms with Crippen LogP contribution in [0.4, 0.5) is 0 Å². The van der Waals surface area contributed by atoms with E-state index in [1.807, 2.05) is 6.08 Å². The molecule has 0 aliphatic rings. The Labute approximate surface area is 154 Å². The predicted molar refractivity (Wildman–Crippen MR) is 113 cm³/mol. The Hall–Kier alpha value is -3.06. The molecule has 1 nitrogen and oxygen atoms in total. The van der Waals surface area contributed by atoms with Crippen molar-refractivity contribution in [3.05, 3.63) is 84.9 Å². The van der Waals surface area contributed by atoms with E-state index in [9.17, 15) is 0 Å². The van der Waals surface area contributed by atoms with Gasteiger partial charge in [-0.25, -0.2) is 0 Å². The third-order valence-electron chi connectivity index (χ3n) is 4.76. The molecule has 4 aromatic rings. The zero-order valence-corrected chi connectivity index (χ0v) is 15.0. The van der Waals surface area contributed by atoms with E-state index in [2.05, 4.69) is 86.3 Å². The Morgan fingerprint density at radius 3 is 2.12 bits per heavy atom. The van der Waals surface area contributed by atoms with Crippen LogP contribution in [0.5, 0.6) is 5.75 Å². The molecule has 0 spiro atoms. The van der Waals surface area contributed by atoms with E-state index in [-0.39, 0.29) is 0 Å². The van der Waals surface area contributed by atoms with Gasteiger partial charge in [-0.2, -0.15) is 0 Å². The van der Waals surface area contributed by atoms with Crippen molar-refractivity contribution < 1.29 is 4.74 Å². The standard InChI is InChI=1S/C25H22O/c1-3-16-26-25-18(4-2)12-9-15-23(25)24-21-13-7-5-10-19(21)17-20-11-6-8-14-22(20)24/h4-15,17H,2-3,16H2,1H3. The van der Waals surface area contributed by atoms with Crippen LogP contribution in [-0.2, 0) is 0 Å². The van der Waals surface area contributed by atoms with Crippen LogP contribution in [0.3, 0.4) is 0 Å². The van der Waals surface area contributed by atoms with E-state index in [4.69, 9.17) is 4.74 Å². The molecule has 0 saturated heterocycles. The highest BCUT2D eigenvalue weighted by Crippen LogP contribution is 2.42. The summed E-state index contributed by atoms with van der Waals surface area (Å²) in [5, 5.41) is 4.97. The number of hydrogen-bond acceptors (Lipinski definition) is 1. The molecule has 0 heterocycles. The maximum absolute atomic E-state index is 6.19. The van der Waals surface area contributed by atoms with Gasteiger partial charge in [0.05, 0.1) is 6.61 Å². The van der Waals surface area contributed by atoms with Crippen LogP contribution in [0, 0.1) is 0 Å². The molecule has 0 unspecified atom stereocenters. The lowest BCUT2D eigenvalue weighted by Gasteiger charge is -2.18. The van der Waals surface area contributed by atoms with Crippen LogP contribution in [0.25, 0.3) is 38.7 Å². The Balaban J connectivity index is 2.12. The summed E-state index contributed by atoms with van der Waals surface area (Å²) in [6.07, 6.45) is 2.85. The van der Waals surface area contributed by atoms with Gasteiger partial charge in [0.2, 0.25) is 0 Å². The summed E-state index contributed by atoms with van der Waals surface area (Å²) in [6.45, 7) is 6.80. The highest BCUT2D eigenvalue weighted by Gasteiger charge is 2.15. The van der Waals surface area contributed by atoms with Gasteiger partial charge in [0.25, 0.3) is 0 Å². The second-order valence-electron chi connectivity index (χ2n) is 6.47. The molecule has 26 heavy (non-hydrogen) atoms. The Bertz CT molecular complexity index is 1040. The maximum Gasteiger partial charge on any atom is 0.134 e. The summed E-state index contributed by atoms with van der Waals surface area (Å²) in [5.41, 5.74) is 3.39. The van der Waals surface area contributed by atoms with Gasteiger partial charge in [-0.15, -0.1) is 0 Å². The average Bonchev–Trinajstić information content (AvgIpc) is 2.70. The van der Waals surface area contributed by atoms with Crippen LogP contribution in [0.2, 0.25) is 0 Å². The topological polar surface area (TPSA) is 9.23 Å². The molecule has 0 radical (unpaired) electrons. The quantitative estimate of drug-likeness (QED) is 0.353. The maximum atomic E-state index is 6.19. The summed E-state index contributed by atoms with van der Waals surface area (Å²) in [5.74, 6) is 0.922. The number of ether oxygens (including phenoxy) is 1. The first-order valence-electron chi connectivity index (χ1n) is 9.12. The fraction of sp³-hybridized carbons (Fsp3) is 0.120. The molecule has 0 saturated carbocycles. The summed E-state index contributed by atoms with van der Waals surface area (Å²) >= 11 is 0. The van der Waals surface area contributed by atoms with Crippen molar-refractivity contribution in [3.63, 3.8) is 0 Å². The van der Waals surface area contributed by atoms with E-state index < -0.39 is 0 Å². The van der Waals surface area contributed by atoms with Gasteiger partial charge in [-0.05, 0) is 34.0 Å². The second-order valence-corrected chi connectivity index (χ2v) is 6.47. The van der Waals surface area contributed by atoms with Gasteiger partial charge in [0, 0.05) is 16.7 Å². The number of rotatable bonds is 5. The lowest BCUT2D eigenvalue weighted by molar-refractivity contribution is 0.318. The largest absolute Gasteiger partial charge is 0.492 e. The van der Waals surface area contributed by atoms with E-state index in [0.29, 0.717) is 6.61 Å². The van der Waals surface area contributed by atoms with E-state index in [1.54, 1.807) is 0 Å². The minimum absolute atomic E-state index is 0.695. The normalized spacial score (nSPS) is 11.0. The smallest absolute Gasteiger partial charge is 0.134 e. The van der Waals surface area contributed by atoms with Gasteiger partial charge in [0.15, 0.2) is 0 Å². The highest BCUT2D eigenvalue weighted by atomic mass is 16.5. The first-order chi connectivity index (χ1) is 12.8. The zero-order valence-electron chi connectivity index (χ0n) is 15.0. The predicted octanol–water partition coefficient (Wildman–Crippen LogP) is 7.09. The van der Waals surface area contributed by atoms with Gasteiger partial charge in [0.1, 0.15) is 5.75 Å². The fourth-order valence-electron chi connectivity index (χ4n) is 3.58. The number of hydrogen-bond donors (Lipinski definition) is 0. The molecule has 4 aromatic carbocycles. The monoisotopic (exact) mass is 338 g/mol. The first-order valence-corrected chi connectivity index (χ1v) is 9.12. The Kier molecular flexibility index (Phi) is 4.45. The zero-order chi connectivity index (χ0) is 17.9. The molecule has 0 aliphatic heterocycles. The van der Waals surface area contributed by atoms with Gasteiger partial charge in [-0.3, -0.25) is 0 Å². The second kappa shape index (κ2) is 7.05. The SMILES string of the molecule is C=Cc1cccc(-c2c3ccccc3cc3ccccc23)c1OCCC. The van der Waals surface area contributed by atoms with Gasteiger partial charge >= 0.3 is 0 Å². The molecule has 0 aliphatic carbocycles.